The minimum atomic E-state index is -0.715. The van der Waals surface area contributed by atoms with Gasteiger partial charge >= 0.3 is 5.69 Å². The summed E-state index contributed by atoms with van der Waals surface area (Å²) in [5.74, 6) is -0.00923. The molecule has 2 aromatic carbocycles. The van der Waals surface area contributed by atoms with Crippen molar-refractivity contribution >= 4 is 40.7 Å². The van der Waals surface area contributed by atoms with Crippen molar-refractivity contribution in [3.63, 3.8) is 0 Å². The van der Waals surface area contributed by atoms with Crippen LogP contribution in [-0.4, -0.2) is 56.6 Å². The van der Waals surface area contributed by atoms with Crippen LogP contribution in [0.1, 0.15) is 46.8 Å². The summed E-state index contributed by atoms with van der Waals surface area (Å²) in [6.07, 6.45) is 4.47. The van der Waals surface area contributed by atoms with Gasteiger partial charge in [0.1, 0.15) is 5.56 Å². The van der Waals surface area contributed by atoms with E-state index in [0.717, 1.165) is 48.0 Å². The molecule has 0 bridgehead atoms. The van der Waals surface area contributed by atoms with Gasteiger partial charge in [-0.25, -0.2) is 9.78 Å². The van der Waals surface area contributed by atoms with Gasteiger partial charge in [0.2, 0.25) is 11.8 Å². The van der Waals surface area contributed by atoms with Gasteiger partial charge in [-0.3, -0.25) is 23.9 Å². The Hall–Kier alpha value is -4.45. The zero-order valence-corrected chi connectivity index (χ0v) is 27.5. The first-order valence-corrected chi connectivity index (χ1v) is 16.0. The molecule has 7 rings (SSSR count). The molecule has 2 fully saturated rings. The van der Waals surface area contributed by atoms with Crippen molar-refractivity contribution in [1.29, 1.82) is 0 Å². The van der Waals surface area contributed by atoms with Crippen molar-refractivity contribution in [3.8, 4) is 28.3 Å². The van der Waals surface area contributed by atoms with Crippen LogP contribution in [0.15, 0.2) is 58.3 Å². The third-order valence-corrected chi connectivity index (χ3v) is 10.3. The van der Waals surface area contributed by atoms with E-state index in [4.69, 9.17) is 32.9 Å². The van der Waals surface area contributed by atoms with Crippen molar-refractivity contribution in [1.82, 2.24) is 24.3 Å². The van der Waals surface area contributed by atoms with E-state index in [9.17, 15) is 19.2 Å². The van der Waals surface area contributed by atoms with E-state index in [1.54, 1.807) is 25.3 Å². The second-order valence-electron chi connectivity index (χ2n) is 12.5. The van der Waals surface area contributed by atoms with Crippen LogP contribution in [-0.2, 0) is 25.3 Å². The van der Waals surface area contributed by atoms with E-state index in [1.807, 2.05) is 18.2 Å². The molecule has 242 valence electrons. The zero-order valence-electron chi connectivity index (χ0n) is 26.0. The average molecular weight is 676 g/mol. The number of methoxy groups -OCH3 is 1. The minimum Gasteiger partial charge on any atom is -0.481 e. The number of carbonyl (C=O) groups excluding carboxylic acids is 2. The van der Waals surface area contributed by atoms with E-state index >= 15 is 0 Å². The highest BCUT2D eigenvalue weighted by Gasteiger charge is 2.51. The fraction of sp³-hybridized carbons (Fsp3) is 0.324. The van der Waals surface area contributed by atoms with Gasteiger partial charge < -0.3 is 19.9 Å². The monoisotopic (exact) mass is 674 g/mol. The number of hydrogen-bond donors (Lipinski definition) is 2. The van der Waals surface area contributed by atoms with Crippen LogP contribution in [0.5, 0.6) is 5.88 Å². The molecule has 0 unspecified atom stereocenters. The predicted octanol–water partition coefficient (Wildman–Crippen LogP) is 4.33. The zero-order chi connectivity index (χ0) is 33.2. The summed E-state index contributed by atoms with van der Waals surface area (Å²) in [6, 6.07) is 13.0. The number of nitrogens with zero attached hydrogens (tertiary/aromatic N) is 4. The van der Waals surface area contributed by atoms with Crippen molar-refractivity contribution < 1.29 is 14.3 Å². The molecule has 2 aromatic heterocycles. The predicted molar refractivity (Wildman–Crippen MR) is 179 cm³/mol. The second kappa shape index (κ2) is 11.7. The molecule has 0 radical (unpaired) electrons. The number of pyridine rings is 1. The summed E-state index contributed by atoms with van der Waals surface area (Å²) < 4.78 is 7.88. The summed E-state index contributed by atoms with van der Waals surface area (Å²) in [4.78, 5) is 57.0. The number of halogens is 2. The first-order chi connectivity index (χ1) is 22.5. The lowest BCUT2D eigenvalue weighted by atomic mass is 9.86. The fourth-order valence-electron chi connectivity index (χ4n) is 7.13. The molecular weight excluding hydrogens is 643 g/mol. The molecule has 13 heteroatoms. The van der Waals surface area contributed by atoms with Gasteiger partial charge in [0.25, 0.3) is 11.5 Å². The van der Waals surface area contributed by atoms with Gasteiger partial charge in [-0.1, -0.05) is 53.5 Å². The quantitative estimate of drug-likeness (QED) is 0.312. The number of likely N-dealkylation sites (tertiary alicyclic amines) is 1. The molecule has 2 N–H and O–H groups in total. The number of rotatable bonds is 6. The van der Waals surface area contributed by atoms with Gasteiger partial charge in [-0.2, -0.15) is 0 Å². The lowest BCUT2D eigenvalue weighted by Gasteiger charge is -2.50. The maximum absolute atomic E-state index is 13.1. The van der Waals surface area contributed by atoms with Crippen molar-refractivity contribution in [2.45, 2.75) is 37.3 Å². The van der Waals surface area contributed by atoms with Crippen LogP contribution in [0, 0.1) is 0 Å². The molecule has 11 nitrogen and oxygen atoms in total. The summed E-state index contributed by atoms with van der Waals surface area (Å²) in [5, 5.41) is 6.53. The number of aromatic nitrogens is 3. The summed E-state index contributed by atoms with van der Waals surface area (Å²) in [6.45, 7) is 1.65. The average Bonchev–Trinajstić information content (AvgIpc) is 3.65. The SMILES string of the molecule is COc1nc(-c2cccc(-c3cccc(NC(=O)c4cn(C)c(=O)n(C)c4=O)c3Cl)c2Cl)cc2c1[C@@H](N1CC3(CCC(=O)N3)C1)CC2. The Labute approximate surface area is 280 Å². The molecule has 1 spiro atoms. The highest BCUT2D eigenvalue weighted by atomic mass is 35.5. The standard InChI is InChI=1S/C34H32Cl2N6O5/c1-40-15-22(32(45)41(2)33(40)46)30(44)37-23-9-5-7-20(29(23)36)19-6-4-8-21(28(19)35)24-14-18-10-11-25(27(18)31(38-24)47-3)42-16-34(17-42)13-12-26(43)39-34/h4-9,14-15,25H,10-13,16-17H2,1-3H3,(H,37,44)(H,39,43)/t25-/m0/s1. The van der Waals surface area contributed by atoms with E-state index in [0.29, 0.717) is 39.7 Å². The Morgan fingerprint density at radius 2 is 1.72 bits per heavy atom. The minimum absolute atomic E-state index is 0.103. The van der Waals surface area contributed by atoms with Gasteiger partial charge in [0, 0.05) is 68.1 Å². The summed E-state index contributed by atoms with van der Waals surface area (Å²) in [5.41, 5.74) is 3.53. The third-order valence-electron chi connectivity index (χ3n) is 9.51. The molecule has 2 amide bonds. The number of amides is 2. The number of anilines is 1. The highest BCUT2D eigenvalue weighted by Crippen LogP contribution is 2.48. The summed E-state index contributed by atoms with van der Waals surface area (Å²) >= 11 is 13.9. The van der Waals surface area contributed by atoms with Gasteiger partial charge in [0.15, 0.2) is 0 Å². The maximum Gasteiger partial charge on any atom is 0.330 e. The topological polar surface area (TPSA) is 128 Å². The molecule has 47 heavy (non-hydrogen) atoms. The van der Waals surface area contributed by atoms with E-state index in [1.165, 1.54) is 24.9 Å². The summed E-state index contributed by atoms with van der Waals surface area (Å²) in [7, 11) is 4.40. The van der Waals surface area contributed by atoms with E-state index in [-0.39, 0.29) is 33.8 Å². The Kier molecular flexibility index (Phi) is 7.73. The lowest BCUT2D eigenvalue weighted by molar-refractivity contribution is -0.121. The highest BCUT2D eigenvalue weighted by molar-refractivity contribution is 6.39. The number of carbonyl (C=O) groups is 2. The molecular formula is C34H32Cl2N6O5. The Balaban J connectivity index is 1.18. The first-order valence-electron chi connectivity index (χ1n) is 15.3. The Morgan fingerprint density at radius 3 is 2.43 bits per heavy atom. The van der Waals surface area contributed by atoms with Crippen LogP contribution >= 0.6 is 23.2 Å². The van der Waals surface area contributed by atoms with E-state index < -0.39 is 17.2 Å². The molecule has 4 heterocycles. The molecule has 1 aliphatic carbocycles. The fourth-order valence-corrected chi connectivity index (χ4v) is 7.73. The third kappa shape index (κ3) is 5.22. The van der Waals surface area contributed by atoms with Crippen molar-refractivity contribution in [3.05, 3.63) is 96.2 Å². The normalized spacial score (nSPS) is 18.1. The molecule has 2 saturated heterocycles. The lowest BCUT2D eigenvalue weighted by Crippen LogP contribution is -2.67. The van der Waals surface area contributed by atoms with E-state index in [2.05, 4.69) is 21.6 Å². The second-order valence-corrected chi connectivity index (χ2v) is 13.2. The van der Waals surface area contributed by atoms with Crippen LogP contribution in [0.4, 0.5) is 5.69 Å². The van der Waals surface area contributed by atoms with Gasteiger partial charge in [-0.15, -0.1) is 0 Å². The van der Waals surface area contributed by atoms with Crippen LogP contribution in [0.25, 0.3) is 22.4 Å². The molecule has 0 saturated carbocycles. The number of aryl methyl sites for hydroxylation is 2. The number of ether oxygens (including phenoxy) is 1. The van der Waals surface area contributed by atoms with Crippen LogP contribution < -0.4 is 26.6 Å². The maximum atomic E-state index is 13.1. The van der Waals surface area contributed by atoms with Gasteiger partial charge in [0.05, 0.1) is 34.1 Å². The number of fused-ring (bicyclic) bond motifs is 1. The van der Waals surface area contributed by atoms with Gasteiger partial charge in [-0.05, 0) is 37.0 Å². The number of hydrogen-bond acceptors (Lipinski definition) is 7. The number of benzene rings is 2. The smallest absolute Gasteiger partial charge is 0.330 e. The Bertz CT molecular complexity index is 2100. The van der Waals surface area contributed by atoms with Crippen LogP contribution in [0.3, 0.4) is 0 Å². The molecule has 2 aliphatic heterocycles. The largest absolute Gasteiger partial charge is 0.481 e. The van der Waals surface area contributed by atoms with Crippen LogP contribution in [0.2, 0.25) is 10.0 Å². The Morgan fingerprint density at radius 1 is 1.02 bits per heavy atom. The van der Waals surface area contributed by atoms with Crippen molar-refractivity contribution in [2.24, 2.45) is 14.1 Å². The molecule has 4 aromatic rings. The first kappa shape index (κ1) is 31.2. The molecule has 1 atom stereocenters. The van der Waals surface area contributed by atoms with Crippen molar-refractivity contribution in [2.75, 3.05) is 25.5 Å². The number of nitrogens with one attached hydrogen (secondary N) is 2. The molecule has 3 aliphatic rings.